The zero-order valence-electron chi connectivity index (χ0n) is 19.1. The van der Waals surface area contributed by atoms with E-state index in [0.29, 0.717) is 24.3 Å². The maximum Gasteiger partial charge on any atom is 0.316 e. The molecule has 1 unspecified atom stereocenters. The Balaban J connectivity index is 1.28. The molecule has 3 nitrogen and oxygen atoms in total. The Bertz CT molecular complexity index is 1030. The van der Waals surface area contributed by atoms with Crippen LogP contribution in [0, 0.1) is 5.92 Å². The highest BCUT2D eigenvalue weighted by atomic mass is 32.2. The van der Waals surface area contributed by atoms with Crippen LogP contribution in [0.3, 0.4) is 0 Å². The topological polar surface area (TPSA) is 38.3 Å². The minimum atomic E-state index is -0.148. The Kier molecular flexibility index (Phi) is 7.88. The Morgan fingerprint density at radius 1 is 1.06 bits per heavy atom. The van der Waals surface area contributed by atoms with Crippen molar-refractivity contribution in [3.8, 4) is 0 Å². The van der Waals surface area contributed by atoms with Crippen molar-refractivity contribution in [1.82, 2.24) is 5.32 Å². The number of carbonyl (C=O) groups excluding carboxylic acids is 1. The molecule has 3 aromatic carbocycles. The molecule has 0 spiro atoms. The molecule has 0 bridgehead atoms. The summed E-state index contributed by atoms with van der Waals surface area (Å²) in [5.74, 6) is 1.58. The standard InChI is InChI=1S/C28H33NO2S/c1-3-31-28(30)19-32-25-15-13-22(14-16-25)24-12-11-21(17-24)18-29-20(2)26-10-6-8-23-7-4-5-9-27(23)26/h4-10,13-16,20-21,24,29H,3,11-12,17-19H2,1-2H3/t20-,21?,24-/m1/s1. The van der Waals surface area contributed by atoms with Crippen molar-refractivity contribution in [3.63, 3.8) is 0 Å². The largest absolute Gasteiger partial charge is 0.465 e. The van der Waals surface area contributed by atoms with Gasteiger partial charge in [-0.05, 0) is 85.5 Å². The summed E-state index contributed by atoms with van der Waals surface area (Å²) in [5.41, 5.74) is 2.81. The van der Waals surface area contributed by atoms with Crippen molar-refractivity contribution in [1.29, 1.82) is 0 Å². The van der Waals surface area contributed by atoms with Crippen LogP contribution in [0.5, 0.6) is 0 Å². The lowest BCUT2D eigenvalue weighted by atomic mass is 9.96. The molecule has 1 N–H and O–H groups in total. The summed E-state index contributed by atoms with van der Waals surface area (Å²) in [6.07, 6.45) is 3.77. The number of hydrogen-bond acceptors (Lipinski definition) is 4. The number of esters is 1. The van der Waals surface area contributed by atoms with Crippen LogP contribution in [0.2, 0.25) is 0 Å². The van der Waals surface area contributed by atoms with E-state index in [2.05, 4.69) is 79.0 Å². The molecule has 0 heterocycles. The van der Waals surface area contributed by atoms with Crippen molar-refractivity contribution in [3.05, 3.63) is 77.9 Å². The summed E-state index contributed by atoms with van der Waals surface area (Å²) >= 11 is 1.55. The van der Waals surface area contributed by atoms with Gasteiger partial charge in [-0.15, -0.1) is 11.8 Å². The fraction of sp³-hybridized carbons (Fsp3) is 0.393. The summed E-state index contributed by atoms with van der Waals surface area (Å²) in [5, 5.41) is 6.46. The van der Waals surface area contributed by atoms with Crippen LogP contribution in [0.4, 0.5) is 0 Å². The minimum absolute atomic E-state index is 0.148. The quantitative estimate of drug-likeness (QED) is 0.291. The fourth-order valence-corrected chi connectivity index (χ4v) is 5.52. The predicted octanol–water partition coefficient (Wildman–Crippen LogP) is 6.73. The molecule has 1 saturated carbocycles. The van der Waals surface area contributed by atoms with Crippen molar-refractivity contribution in [2.75, 3.05) is 18.9 Å². The van der Waals surface area contributed by atoms with E-state index in [1.165, 1.54) is 41.2 Å². The monoisotopic (exact) mass is 447 g/mol. The van der Waals surface area contributed by atoms with E-state index in [1.54, 1.807) is 11.8 Å². The van der Waals surface area contributed by atoms with E-state index in [1.807, 2.05) is 6.92 Å². The second-order valence-electron chi connectivity index (χ2n) is 8.74. The lowest BCUT2D eigenvalue weighted by Gasteiger charge is -2.19. The van der Waals surface area contributed by atoms with E-state index in [0.717, 1.165) is 17.4 Å². The van der Waals surface area contributed by atoms with Gasteiger partial charge in [-0.1, -0.05) is 54.6 Å². The Labute approximate surface area is 195 Å². The van der Waals surface area contributed by atoms with Crippen molar-refractivity contribution in [2.24, 2.45) is 5.92 Å². The van der Waals surface area contributed by atoms with Gasteiger partial charge in [0, 0.05) is 10.9 Å². The highest BCUT2D eigenvalue weighted by Gasteiger charge is 2.26. The van der Waals surface area contributed by atoms with Gasteiger partial charge in [-0.2, -0.15) is 0 Å². The summed E-state index contributed by atoms with van der Waals surface area (Å²) in [4.78, 5) is 12.7. The van der Waals surface area contributed by atoms with Crippen LogP contribution in [0.1, 0.15) is 56.2 Å². The zero-order valence-corrected chi connectivity index (χ0v) is 19.9. The molecule has 0 saturated heterocycles. The number of nitrogens with one attached hydrogen (secondary N) is 1. The Hall–Kier alpha value is -2.30. The normalized spacial score (nSPS) is 19.2. The first-order valence-corrected chi connectivity index (χ1v) is 12.7. The highest BCUT2D eigenvalue weighted by Crippen LogP contribution is 2.39. The first-order chi connectivity index (χ1) is 15.6. The molecule has 4 heteroatoms. The van der Waals surface area contributed by atoms with Gasteiger partial charge in [0.2, 0.25) is 0 Å². The molecule has 3 aromatic rings. The van der Waals surface area contributed by atoms with E-state index in [9.17, 15) is 4.79 Å². The van der Waals surface area contributed by atoms with Gasteiger partial charge in [0.25, 0.3) is 0 Å². The highest BCUT2D eigenvalue weighted by molar-refractivity contribution is 8.00. The van der Waals surface area contributed by atoms with Gasteiger partial charge in [-0.3, -0.25) is 4.79 Å². The molecule has 4 rings (SSSR count). The molecule has 1 aliphatic rings. The number of rotatable bonds is 9. The average molecular weight is 448 g/mol. The van der Waals surface area contributed by atoms with E-state index in [-0.39, 0.29) is 5.97 Å². The van der Waals surface area contributed by atoms with Crippen LogP contribution < -0.4 is 5.32 Å². The molecule has 0 aromatic heterocycles. The first-order valence-electron chi connectivity index (χ1n) is 11.7. The fourth-order valence-electron chi connectivity index (χ4n) is 4.83. The molecule has 168 valence electrons. The molecule has 1 fully saturated rings. The number of hydrogen-bond donors (Lipinski definition) is 1. The Morgan fingerprint density at radius 3 is 2.66 bits per heavy atom. The van der Waals surface area contributed by atoms with Crippen molar-refractivity contribution in [2.45, 2.75) is 50.0 Å². The van der Waals surface area contributed by atoms with Crippen LogP contribution in [0.15, 0.2) is 71.6 Å². The van der Waals surface area contributed by atoms with Crippen molar-refractivity contribution < 1.29 is 9.53 Å². The minimum Gasteiger partial charge on any atom is -0.465 e. The van der Waals surface area contributed by atoms with E-state index in [4.69, 9.17) is 4.74 Å². The van der Waals surface area contributed by atoms with Crippen LogP contribution >= 0.6 is 11.8 Å². The lowest BCUT2D eigenvalue weighted by molar-refractivity contribution is -0.139. The number of carbonyl (C=O) groups is 1. The smallest absolute Gasteiger partial charge is 0.316 e. The van der Waals surface area contributed by atoms with Gasteiger partial charge in [0.05, 0.1) is 12.4 Å². The molecular formula is C28H33NO2S. The van der Waals surface area contributed by atoms with Crippen molar-refractivity contribution >= 4 is 28.5 Å². The summed E-state index contributed by atoms with van der Waals surface area (Å²) in [6, 6.07) is 24.4. The van der Waals surface area contributed by atoms with Gasteiger partial charge < -0.3 is 10.1 Å². The number of benzene rings is 3. The molecule has 3 atom stereocenters. The maximum absolute atomic E-state index is 11.5. The maximum atomic E-state index is 11.5. The second kappa shape index (κ2) is 11.0. The third-order valence-corrected chi connectivity index (χ3v) is 7.54. The molecule has 0 aliphatic heterocycles. The average Bonchev–Trinajstić information content (AvgIpc) is 3.30. The second-order valence-corrected chi connectivity index (χ2v) is 9.79. The van der Waals surface area contributed by atoms with Crippen LogP contribution in [-0.2, 0) is 9.53 Å². The summed E-state index contributed by atoms with van der Waals surface area (Å²) < 4.78 is 5.00. The van der Waals surface area contributed by atoms with Gasteiger partial charge >= 0.3 is 5.97 Å². The van der Waals surface area contributed by atoms with E-state index < -0.39 is 0 Å². The summed E-state index contributed by atoms with van der Waals surface area (Å²) in [6.45, 7) is 5.62. The molecule has 0 amide bonds. The zero-order chi connectivity index (χ0) is 22.3. The van der Waals surface area contributed by atoms with Gasteiger partial charge in [0.15, 0.2) is 0 Å². The molecule has 32 heavy (non-hydrogen) atoms. The third-order valence-electron chi connectivity index (χ3n) is 6.56. The summed E-state index contributed by atoms with van der Waals surface area (Å²) in [7, 11) is 0. The van der Waals surface area contributed by atoms with Crippen LogP contribution in [-0.4, -0.2) is 24.9 Å². The predicted molar refractivity (Wildman–Crippen MR) is 134 cm³/mol. The molecular weight excluding hydrogens is 414 g/mol. The lowest BCUT2D eigenvalue weighted by Crippen LogP contribution is -2.24. The van der Waals surface area contributed by atoms with Gasteiger partial charge in [0.1, 0.15) is 0 Å². The first kappa shape index (κ1) is 22.9. The third kappa shape index (κ3) is 5.73. The van der Waals surface area contributed by atoms with Crippen LogP contribution in [0.25, 0.3) is 10.8 Å². The Morgan fingerprint density at radius 2 is 1.84 bits per heavy atom. The van der Waals surface area contributed by atoms with E-state index >= 15 is 0 Å². The SMILES string of the molecule is CCOC(=O)CSc1ccc([C@@H]2CCC(CN[C@H](C)c3cccc4ccccc34)C2)cc1. The van der Waals surface area contributed by atoms with Gasteiger partial charge in [-0.25, -0.2) is 0 Å². The number of fused-ring (bicyclic) bond motifs is 1. The number of ether oxygens (including phenoxy) is 1. The molecule has 1 aliphatic carbocycles. The number of thioether (sulfide) groups is 1. The molecule has 0 radical (unpaired) electrons.